The second kappa shape index (κ2) is 3.87. The third-order valence-electron chi connectivity index (χ3n) is 1.67. The third-order valence-corrected chi connectivity index (χ3v) is 1.67. The van der Waals surface area contributed by atoms with E-state index >= 15 is 0 Å². The van der Waals surface area contributed by atoms with Crippen LogP contribution in [0.25, 0.3) is 0 Å². The van der Waals surface area contributed by atoms with Gasteiger partial charge in [-0.1, -0.05) is 18.2 Å². The van der Waals surface area contributed by atoms with Gasteiger partial charge in [0, 0.05) is 49.6 Å². The van der Waals surface area contributed by atoms with Gasteiger partial charge in [0.05, 0.1) is 5.56 Å². The number of ether oxygens (including phenoxy) is 1. The Hall–Kier alpha value is 0.0916. The molecule has 2 rings (SSSR count). The maximum atomic E-state index is 10.9. The number of carbonyl (C=O) groups excluding carboxylic acids is 1. The molecule has 4 heteroatoms. The first kappa shape index (κ1) is 10.2. The minimum Gasteiger partial charge on any atom is -0.428 e. The second-order valence-electron chi connectivity index (χ2n) is 2.34. The van der Waals surface area contributed by atoms with E-state index in [-0.39, 0.29) is 44.1 Å². The van der Waals surface area contributed by atoms with Gasteiger partial charge in [0.25, 0.3) is 0 Å². The van der Waals surface area contributed by atoms with E-state index in [0.29, 0.717) is 11.1 Å². The molecular weight excluding hydrogens is 371 g/mol. The molecule has 1 unspecified atom stereocenters. The van der Waals surface area contributed by atoms with Crippen LogP contribution in [0.2, 0.25) is 0 Å². The van der Waals surface area contributed by atoms with Gasteiger partial charge < -0.3 is 9.84 Å². The van der Waals surface area contributed by atoms with E-state index in [1.165, 1.54) is 0 Å². The van der Waals surface area contributed by atoms with Gasteiger partial charge in [-0.3, -0.25) is 0 Å². The number of fused-ring (bicyclic) bond motifs is 1. The minimum atomic E-state index is -1.07. The molecule has 1 atom stereocenters. The number of aliphatic hydroxyl groups is 1. The molecule has 0 saturated carbocycles. The molecule has 0 amide bonds. The molecular formula is C8H6AcO3. The molecule has 0 fully saturated rings. The minimum absolute atomic E-state index is 0. The van der Waals surface area contributed by atoms with Crippen LogP contribution in [0.3, 0.4) is 0 Å². The molecule has 1 heterocycles. The van der Waals surface area contributed by atoms with Crippen LogP contribution in [0.1, 0.15) is 22.2 Å². The van der Waals surface area contributed by atoms with Crippen molar-refractivity contribution in [3.8, 4) is 0 Å². The SMILES string of the molecule is O=C1OC(O)c2ccccc21.[Ac]. The molecule has 0 spiro atoms. The maximum absolute atomic E-state index is 10.9. The summed E-state index contributed by atoms with van der Waals surface area (Å²) in [4.78, 5) is 10.9. The predicted molar refractivity (Wildman–Crippen MR) is 36.8 cm³/mol. The Bertz CT molecular complexity index is 311. The van der Waals surface area contributed by atoms with Crippen molar-refractivity contribution in [3.05, 3.63) is 35.4 Å². The van der Waals surface area contributed by atoms with Crippen LogP contribution in [0.5, 0.6) is 0 Å². The summed E-state index contributed by atoms with van der Waals surface area (Å²) in [5.74, 6) is -0.451. The Morgan fingerprint density at radius 1 is 1.33 bits per heavy atom. The van der Waals surface area contributed by atoms with Crippen LogP contribution >= 0.6 is 0 Å². The number of carbonyl (C=O) groups is 1. The zero-order chi connectivity index (χ0) is 7.84. The summed E-state index contributed by atoms with van der Waals surface area (Å²) in [5, 5.41) is 9.11. The first-order valence-corrected chi connectivity index (χ1v) is 3.27. The fraction of sp³-hybridized carbons (Fsp3) is 0.125. The van der Waals surface area contributed by atoms with Crippen molar-refractivity contribution in [2.24, 2.45) is 0 Å². The molecule has 1 aromatic carbocycles. The molecule has 0 bridgehead atoms. The molecule has 12 heavy (non-hydrogen) atoms. The summed E-state index contributed by atoms with van der Waals surface area (Å²) < 4.78 is 4.55. The summed E-state index contributed by atoms with van der Waals surface area (Å²) in [6.07, 6.45) is -1.07. The van der Waals surface area contributed by atoms with Gasteiger partial charge in [-0.15, -0.1) is 0 Å². The Kier molecular flexibility index (Phi) is 3.28. The van der Waals surface area contributed by atoms with Crippen LogP contribution in [-0.4, -0.2) is 11.1 Å². The Balaban J connectivity index is 0.000000720. The summed E-state index contributed by atoms with van der Waals surface area (Å²) >= 11 is 0. The molecule has 1 radical (unpaired) electrons. The number of esters is 1. The van der Waals surface area contributed by atoms with Crippen molar-refractivity contribution in [1.29, 1.82) is 0 Å². The monoisotopic (exact) mass is 377 g/mol. The molecule has 0 aromatic heterocycles. The van der Waals surface area contributed by atoms with Crippen molar-refractivity contribution >= 4 is 5.97 Å². The maximum Gasteiger partial charge on any atom is 0.341 e. The van der Waals surface area contributed by atoms with E-state index in [1.54, 1.807) is 24.3 Å². The standard InChI is InChI=1S/C8H6O3.Ac/c9-7-5-3-1-2-4-6(5)8(10)11-7;/h1-4,7,9H;. The topological polar surface area (TPSA) is 46.5 Å². The summed E-state index contributed by atoms with van der Waals surface area (Å²) in [7, 11) is 0. The Morgan fingerprint density at radius 3 is 2.67 bits per heavy atom. The number of cyclic esters (lactones) is 1. The zero-order valence-corrected chi connectivity index (χ0v) is 11.0. The first-order chi connectivity index (χ1) is 5.29. The molecule has 0 aliphatic carbocycles. The number of aliphatic hydroxyl groups excluding tert-OH is 1. The van der Waals surface area contributed by atoms with Crippen LogP contribution in [0.4, 0.5) is 0 Å². The molecule has 1 aliphatic heterocycles. The largest absolute Gasteiger partial charge is 0.428 e. The van der Waals surface area contributed by atoms with Crippen LogP contribution in [-0.2, 0) is 4.74 Å². The quantitative estimate of drug-likeness (QED) is 0.683. The molecule has 1 aromatic rings. The zero-order valence-electron chi connectivity index (χ0n) is 6.23. The number of benzene rings is 1. The number of hydrogen-bond acceptors (Lipinski definition) is 3. The van der Waals surface area contributed by atoms with E-state index < -0.39 is 12.3 Å². The van der Waals surface area contributed by atoms with Gasteiger partial charge in [-0.25, -0.2) is 4.79 Å². The molecule has 3 nitrogen and oxygen atoms in total. The van der Waals surface area contributed by atoms with Crippen molar-refractivity contribution in [1.82, 2.24) is 0 Å². The van der Waals surface area contributed by atoms with Gasteiger partial charge in [-0.05, 0) is 6.07 Å². The van der Waals surface area contributed by atoms with Crippen LogP contribution in [0.15, 0.2) is 24.3 Å². The van der Waals surface area contributed by atoms with Crippen molar-refractivity contribution < 1.29 is 58.7 Å². The normalized spacial score (nSPS) is 19.4. The fourth-order valence-corrected chi connectivity index (χ4v) is 1.13. The van der Waals surface area contributed by atoms with Gasteiger partial charge in [0.2, 0.25) is 6.29 Å². The summed E-state index contributed by atoms with van der Waals surface area (Å²) in [6, 6.07) is 6.79. The first-order valence-electron chi connectivity index (χ1n) is 3.27. The Labute approximate surface area is 105 Å². The van der Waals surface area contributed by atoms with E-state index in [2.05, 4.69) is 4.74 Å². The molecule has 1 N–H and O–H groups in total. The predicted octanol–water partition coefficient (Wildman–Crippen LogP) is 0.848. The van der Waals surface area contributed by atoms with Crippen LogP contribution in [0, 0.1) is 44.1 Å². The van der Waals surface area contributed by atoms with E-state index in [1.807, 2.05) is 0 Å². The van der Waals surface area contributed by atoms with Gasteiger partial charge in [0.15, 0.2) is 0 Å². The molecule has 59 valence electrons. The summed E-state index contributed by atoms with van der Waals surface area (Å²) in [6.45, 7) is 0. The van der Waals surface area contributed by atoms with Gasteiger partial charge >= 0.3 is 5.97 Å². The second-order valence-corrected chi connectivity index (χ2v) is 2.34. The van der Waals surface area contributed by atoms with Crippen molar-refractivity contribution in [3.63, 3.8) is 0 Å². The van der Waals surface area contributed by atoms with E-state index in [4.69, 9.17) is 5.11 Å². The smallest absolute Gasteiger partial charge is 0.341 e. The van der Waals surface area contributed by atoms with Crippen molar-refractivity contribution in [2.45, 2.75) is 6.29 Å². The molecule has 0 saturated heterocycles. The Morgan fingerprint density at radius 2 is 2.00 bits per heavy atom. The molecule has 1 aliphatic rings. The average molecular weight is 377 g/mol. The number of hydrogen-bond donors (Lipinski definition) is 1. The number of rotatable bonds is 0. The summed E-state index contributed by atoms with van der Waals surface area (Å²) in [5.41, 5.74) is 1.01. The van der Waals surface area contributed by atoms with E-state index in [0.717, 1.165) is 0 Å². The average Bonchev–Trinajstić information content (AvgIpc) is 2.30. The van der Waals surface area contributed by atoms with Crippen LogP contribution < -0.4 is 0 Å². The van der Waals surface area contributed by atoms with Gasteiger partial charge in [-0.2, -0.15) is 0 Å². The van der Waals surface area contributed by atoms with E-state index in [9.17, 15) is 4.79 Å². The van der Waals surface area contributed by atoms with Crippen molar-refractivity contribution in [2.75, 3.05) is 0 Å². The fourth-order valence-electron chi connectivity index (χ4n) is 1.13. The van der Waals surface area contributed by atoms with Gasteiger partial charge in [0.1, 0.15) is 0 Å². The third kappa shape index (κ3) is 1.56.